The van der Waals surface area contributed by atoms with Crippen LogP contribution in [-0.2, 0) is 9.59 Å². The molecule has 2 heterocycles. The van der Waals surface area contributed by atoms with Crippen molar-refractivity contribution in [3.8, 4) is 0 Å². The summed E-state index contributed by atoms with van der Waals surface area (Å²) in [6.45, 7) is 1.88. The molecule has 0 bridgehead atoms. The Kier molecular flexibility index (Phi) is 1.49. The van der Waals surface area contributed by atoms with Crippen LogP contribution in [0.25, 0.3) is 0 Å². The number of hydrazone groups is 1. The van der Waals surface area contributed by atoms with Crippen molar-refractivity contribution in [1.29, 1.82) is 0 Å². The number of ketones is 1. The number of hydrogen-bond acceptors (Lipinski definition) is 3. The van der Waals surface area contributed by atoms with Crippen LogP contribution < -0.4 is 0 Å². The van der Waals surface area contributed by atoms with E-state index in [4.69, 9.17) is 0 Å². The monoisotopic (exact) mass is 166 g/mol. The van der Waals surface area contributed by atoms with Gasteiger partial charge in [0.15, 0.2) is 0 Å². The molecule has 1 fully saturated rings. The molecule has 2 aliphatic heterocycles. The third-order valence-electron chi connectivity index (χ3n) is 2.22. The van der Waals surface area contributed by atoms with E-state index in [1.807, 2.05) is 6.92 Å². The number of carbonyl (C=O) groups excluding carboxylic acids is 2. The second-order valence-corrected chi connectivity index (χ2v) is 3.35. The zero-order chi connectivity index (χ0) is 8.72. The minimum Gasteiger partial charge on any atom is -0.299 e. The number of piperidine rings is 1. The Labute approximate surface area is 70.2 Å². The van der Waals surface area contributed by atoms with Gasteiger partial charge in [-0.2, -0.15) is 5.10 Å². The predicted octanol–water partition coefficient (Wildman–Crippen LogP) is 0.326. The minimum absolute atomic E-state index is 0.0266. The number of hydrogen-bond donors (Lipinski definition) is 0. The molecule has 0 unspecified atom stereocenters. The predicted molar refractivity (Wildman–Crippen MR) is 42.6 cm³/mol. The number of amides is 1. The van der Waals surface area contributed by atoms with Crippen LogP contribution in [0.3, 0.4) is 0 Å². The maximum Gasteiger partial charge on any atom is 0.250 e. The molecule has 4 nitrogen and oxygen atoms in total. The van der Waals surface area contributed by atoms with Crippen molar-refractivity contribution in [3.63, 3.8) is 0 Å². The van der Waals surface area contributed by atoms with Crippen molar-refractivity contribution in [2.45, 2.75) is 32.2 Å². The Balaban J connectivity index is 2.22. The first-order valence-corrected chi connectivity index (χ1v) is 4.04. The van der Waals surface area contributed by atoms with Gasteiger partial charge in [0.1, 0.15) is 5.78 Å². The van der Waals surface area contributed by atoms with Gasteiger partial charge in [0, 0.05) is 18.6 Å². The molecule has 0 spiro atoms. The molecule has 2 rings (SSSR count). The fourth-order valence-electron chi connectivity index (χ4n) is 1.74. The summed E-state index contributed by atoms with van der Waals surface area (Å²) in [5.74, 6) is -0.0979. The number of Topliss-reactive ketones (excluding diaryl/α,β-unsaturated/α-hetero) is 1. The Bertz CT molecular complexity index is 283. The molecule has 0 aromatic rings. The van der Waals surface area contributed by atoms with Crippen LogP contribution in [0.4, 0.5) is 0 Å². The third-order valence-corrected chi connectivity index (χ3v) is 2.22. The van der Waals surface area contributed by atoms with Gasteiger partial charge in [0.05, 0.1) is 12.5 Å². The van der Waals surface area contributed by atoms with E-state index in [-0.39, 0.29) is 24.2 Å². The van der Waals surface area contributed by atoms with Crippen LogP contribution in [0.5, 0.6) is 0 Å². The summed E-state index contributed by atoms with van der Waals surface area (Å²) in [7, 11) is 0. The lowest BCUT2D eigenvalue weighted by Crippen LogP contribution is -2.40. The van der Waals surface area contributed by atoms with Gasteiger partial charge < -0.3 is 0 Å². The standard InChI is InChI=1S/C8H10N2O2/c1-5-2-6-3-7(11)4-8(12)10(6)9-5/h6H,2-4H2,1H3/t6-/m1/s1. The Morgan fingerprint density at radius 3 is 2.92 bits per heavy atom. The van der Waals surface area contributed by atoms with Gasteiger partial charge in [0.2, 0.25) is 5.91 Å². The highest BCUT2D eigenvalue weighted by Gasteiger charge is 2.36. The van der Waals surface area contributed by atoms with E-state index >= 15 is 0 Å². The zero-order valence-corrected chi connectivity index (χ0v) is 6.91. The third kappa shape index (κ3) is 1.03. The summed E-state index contributed by atoms with van der Waals surface area (Å²) < 4.78 is 0. The molecule has 0 aromatic heterocycles. The average molecular weight is 166 g/mol. The second kappa shape index (κ2) is 2.40. The van der Waals surface area contributed by atoms with Crippen molar-refractivity contribution < 1.29 is 9.59 Å². The summed E-state index contributed by atoms with van der Waals surface area (Å²) in [4.78, 5) is 22.3. The number of carbonyl (C=O) groups is 2. The van der Waals surface area contributed by atoms with E-state index in [0.717, 1.165) is 12.1 Å². The Morgan fingerprint density at radius 1 is 1.42 bits per heavy atom. The van der Waals surface area contributed by atoms with Gasteiger partial charge >= 0.3 is 0 Å². The van der Waals surface area contributed by atoms with Crippen molar-refractivity contribution in [2.24, 2.45) is 5.10 Å². The highest BCUT2D eigenvalue weighted by atomic mass is 16.2. The lowest BCUT2D eigenvalue weighted by atomic mass is 9.99. The molecule has 0 aliphatic carbocycles. The molecule has 1 atom stereocenters. The van der Waals surface area contributed by atoms with Gasteiger partial charge in [-0.15, -0.1) is 0 Å². The summed E-state index contributed by atoms with van der Waals surface area (Å²) in [5.41, 5.74) is 0.947. The van der Waals surface area contributed by atoms with E-state index < -0.39 is 0 Å². The van der Waals surface area contributed by atoms with E-state index in [0.29, 0.717) is 6.42 Å². The van der Waals surface area contributed by atoms with Crippen LogP contribution in [-0.4, -0.2) is 28.5 Å². The number of rotatable bonds is 0. The molecular formula is C8H10N2O2. The fourth-order valence-corrected chi connectivity index (χ4v) is 1.74. The van der Waals surface area contributed by atoms with Crippen LogP contribution in [0, 0.1) is 0 Å². The molecule has 0 radical (unpaired) electrons. The topological polar surface area (TPSA) is 49.7 Å². The molecule has 0 saturated carbocycles. The zero-order valence-electron chi connectivity index (χ0n) is 6.91. The van der Waals surface area contributed by atoms with Crippen LogP contribution in [0.15, 0.2) is 5.10 Å². The Hall–Kier alpha value is -1.19. The normalized spacial score (nSPS) is 28.9. The fraction of sp³-hybridized carbons (Fsp3) is 0.625. The quantitative estimate of drug-likeness (QED) is 0.487. The molecular weight excluding hydrogens is 156 g/mol. The smallest absolute Gasteiger partial charge is 0.250 e. The molecule has 4 heteroatoms. The first kappa shape index (κ1) is 7.46. The van der Waals surface area contributed by atoms with Crippen molar-refractivity contribution >= 4 is 17.4 Å². The van der Waals surface area contributed by atoms with Crippen molar-refractivity contribution in [3.05, 3.63) is 0 Å². The van der Waals surface area contributed by atoms with Crippen LogP contribution in [0.2, 0.25) is 0 Å². The second-order valence-electron chi connectivity index (χ2n) is 3.35. The van der Waals surface area contributed by atoms with E-state index in [9.17, 15) is 9.59 Å². The largest absolute Gasteiger partial charge is 0.299 e. The van der Waals surface area contributed by atoms with Gasteiger partial charge in [-0.25, -0.2) is 5.01 Å². The maximum atomic E-state index is 11.2. The summed E-state index contributed by atoms with van der Waals surface area (Å²) >= 11 is 0. The van der Waals surface area contributed by atoms with Gasteiger partial charge in [0.25, 0.3) is 0 Å². The van der Waals surface area contributed by atoms with E-state index in [2.05, 4.69) is 5.10 Å². The molecule has 1 saturated heterocycles. The SMILES string of the molecule is CC1=NN2C(=O)CC(=O)C[C@H]2C1. The molecule has 0 N–H and O–H groups in total. The lowest BCUT2D eigenvalue weighted by molar-refractivity contribution is -0.141. The highest BCUT2D eigenvalue weighted by Crippen LogP contribution is 2.24. The maximum absolute atomic E-state index is 11.2. The van der Waals surface area contributed by atoms with Crippen molar-refractivity contribution in [1.82, 2.24) is 5.01 Å². The summed E-state index contributed by atoms with van der Waals surface area (Å²) in [6.07, 6.45) is 1.28. The Morgan fingerprint density at radius 2 is 2.17 bits per heavy atom. The van der Waals surface area contributed by atoms with E-state index in [1.54, 1.807) is 0 Å². The molecule has 2 aliphatic rings. The van der Waals surface area contributed by atoms with Crippen molar-refractivity contribution in [2.75, 3.05) is 0 Å². The highest BCUT2D eigenvalue weighted by molar-refractivity contribution is 6.02. The van der Waals surface area contributed by atoms with Gasteiger partial charge in [-0.05, 0) is 6.92 Å². The van der Waals surface area contributed by atoms with Gasteiger partial charge in [-0.3, -0.25) is 9.59 Å². The number of fused-ring (bicyclic) bond motifs is 1. The molecule has 12 heavy (non-hydrogen) atoms. The number of nitrogens with zero attached hydrogens (tertiary/aromatic N) is 2. The van der Waals surface area contributed by atoms with Gasteiger partial charge in [-0.1, -0.05) is 0 Å². The first-order valence-electron chi connectivity index (χ1n) is 4.04. The van der Waals surface area contributed by atoms with Crippen LogP contribution in [0.1, 0.15) is 26.2 Å². The summed E-state index contributed by atoms with van der Waals surface area (Å²) in [6, 6.07) is 0.0266. The first-order chi connectivity index (χ1) is 5.66. The van der Waals surface area contributed by atoms with E-state index in [1.165, 1.54) is 5.01 Å². The summed E-state index contributed by atoms with van der Waals surface area (Å²) in [5, 5.41) is 5.54. The lowest BCUT2D eigenvalue weighted by Gasteiger charge is -2.25. The molecule has 64 valence electrons. The average Bonchev–Trinajstić information content (AvgIpc) is 2.29. The van der Waals surface area contributed by atoms with Crippen LogP contribution >= 0.6 is 0 Å². The minimum atomic E-state index is -0.145. The molecule has 1 amide bonds. The molecule has 0 aromatic carbocycles.